The summed E-state index contributed by atoms with van der Waals surface area (Å²) in [5, 5.41) is 2.90. The van der Waals surface area contributed by atoms with E-state index in [1.807, 2.05) is 0 Å². The highest BCUT2D eigenvalue weighted by Crippen LogP contribution is 2.31. The zero-order valence-electron chi connectivity index (χ0n) is 11.0. The Morgan fingerprint density at radius 2 is 1.89 bits per heavy atom. The molecule has 5 heteroatoms. The second-order valence-electron chi connectivity index (χ2n) is 4.16. The third-order valence-electron chi connectivity index (χ3n) is 3.08. The lowest BCUT2D eigenvalue weighted by molar-refractivity contribution is 0.403. The van der Waals surface area contributed by atoms with Crippen LogP contribution < -0.4 is 10.1 Å². The molecule has 0 amide bonds. The number of benzene rings is 1. The normalized spacial score (nSPS) is 12.5. The molecule has 1 aromatic heterocycles. The van der Waals surface area contributed by atoms with Crippen molar-refractivity contribution in [3.63, 3.8) is 0 Å². The second-order valence-corrected chi connectivity index (χ2v) is 4.16. The first-order valence-corrected chi connectivity index (χ1v) is 5.82. The molecule has 1 aromatic carbocycles. The van der Waals surface area contributed by atoms with Crippen molar-refractivity contribution in [3.05, 3.63) is 53.0 Å². The molecule has 0 radical (unpaired) electrons. The van der Waals surface area contributed by atoms with Crippen LogP contribution in [-0.4, -0.2) is 14.2 Å². The minimum atomic E-state index is -0.656. The van der Waals surface area contributed by atoms with Crippen molar-refractivity contribution in [2.45, 2.75) is 13.0 Å². The van der Waals surface area contributed by atoms with Gasteiger partial charge < -0.3 is 14.5 Å². The van der Waals surface area contributed by atoms with Crippen LogP contribution in [0.3, 0.4) is 0 Å². The van der Waals surface area contributed by atoms with E-state index < -0.39 is 17.7 Å². The molecule has 1 atom stereocenters. The van der Waals surface area contributed by atoms with E-state index in [0.29, 0.717) is 11.3 Å². The van der Waals surface area contributed by atoms with Crippen LogP contribution in [0.2, 0.25) is 0 Å². The zero-order valence-corrected chi connectivity index (χ0v) is 11.0. The maximum absolute atomic E-state index is 14.1. The third kappa shape index (κ3) is 2.46. The summed E-state index contributed by atoms with van der Waals surface area (Å²) in [6.07, 6.45) is 1.49. The molecule has 0 aliphatic heterocycles. The summed E-state index contributed by atoms with van der Waals surface area (Å²) in [4.78, 5) is 0. The standard InChI is InChI=1S/C14H15F2NO2/c1-8-10(4-5-19-8)14(17-2)13-11(15)6-9(18-3)7-12(13)16/h4-7,14,17H,1-3H3. The molecule has 1 heterocycles. The van der Waals surface area contributed by atoms with Gasteiger partial charge in [0.15, 0.2) is 0 Å². The molecule has 19 heavy (non-hydrogen) atoms. The highest BCUT2D eigenvalue weighted by atomic mass is 19.1. The molecule has 0 saturated carbocycles. The average Bonchev–Trinajstić information content (AvgIpc) is 2.79. The van der Waals surface area contributed by atoms with Gasteiger partial charge in [0.05, 0.1) is 19.4 Å². The van der Waals surface area contributed by atoms with Crippen molar-refractivity contribution >= 4 is 0 Å². The Balaban J connectivity index is 2.53. The molecule has 2 rings (SSSR count). The lowest BCUT2D eigenvalue weighted by Gasteiger charge is -2.18. The number of hydrogen-bond acceptors (Lipinski definition) is 3. The van der Waals surface area contributed by atoms with Crippen LogP contribution in [0.15, 0.2) is 28.9 Å². The number of rotatable bonds is 4. The maximum atomic E-state index is 14.1. The first-order chi connectivity index (χ1) is 9.08. The van der Waals surface area contributed by atoms with E-state index in [1.54, 1.807) is 20.0 Å². The second kappa shape index (κ2) is 5.40. The fraction of sp³-hybridized carbons (Fsp3) is 0.286. The predicted octanol–water partition coefficient (Wildman–Crippen LogP) is 3.18. The smallest absolute Gasteiger partial charge is 0.134 e. The van der Waals surface area contributed by atoms with Crippen molar-refractivity contribution < 1.29 is 17.9 Å². The van der Waals surface area contributed by atoms with E-state index in [0.717, 1.165) is 12.1 Å². The number of methoxy groups -OCH3 is 1. The van der Waals surface area contributed by atoms with Gasteiger partial charge in [0.1, 0.15) is 23.1 Å². The maximum Gasteiger partial charge on any atom is 0.134 e. The van der Waals surface area contributed by atoms with Gasteiger partial charge in [-0.15, -0.1) is 0 Å². The molecule has 3 nitrogen and oxygen atoms in total. The number of aryl methyl sites for hydroxylation is 1. The number of ether oxygens (including phenoxy) is 1. The summed E-state index contributed by atoms with van der Waals surface area (Å²) in [5.41, 5.74) is 0.651. The van der Waals surface area contributed by atoms with E-state index in [4.69, 9.17) is 9.15 Å². The summed E-state index contributed by atoms with van der Waals surface area (Å²) < 4.78 is 38.2. The van der Waals surface area contributed by atoms with Crippen molar-refractivity contribution in [3.8, 4) is 5.75 Å². The van der Waals surface area contributed by atoms with E-state index in [9.17, 15) is 8.78 Å². The van der Waals surface area contributed by atoms with Crippen molar-refractivity contribution in [2.24, 2.45) is 0 Å². The summed E-state index contributed by atoms with van der Waals surface area (Å²) >= 11 is 0. The summed E-state index contributed by atoms with van der Waals surface area (Å²) in [7, 11) is 3.00. The Bertz CT molecular complexity index is 558. The first kappa shape index (κ1) is 13.5. The lowest BCUT2D eigenvalue weighted by atomic mass is 9.98. The molecule has 0 aliphatic carbocycles. The Morgan fingerprint density at radius 3 is 2.32 bits per heavy atom. The molecule has 0 fully saturated rings. The molecule has 0 aliphatic rings. The number of furan rings is 1. The number of nitrogens with one attached hydrogen (secondary N) is 1. The fourth-order valence-electron chi connectivity index (χ4n) is 2.10. The summed E-state index contributed by atoms with van der Waals surface area (Å²) in [5.74, 6) is -0.542. The van der Waals surface area contributed by atoms with Gasteiger partial charge in [-0.1, -0.05) is 0 Å². The van der Waals surface area contributed by atoms with Gasteiger partial charge in [-0.3, -0.25) is 0 Å². The van der Waals surface area contributed by atoms with Gasteiger partial charge in [-0.25, -0.2) is 8.78 Å². The quantitative estimate of drug-likeness (QED) is 0.923. The highest BCUT2D eigenvalue weighted by molar-refractivity contribution is 5.38. The lowest BCUT2D eigenvalue weighted by Crippen LogP contribution is -2.20. The number of halogens is 2. The number of hydrogen-bond donors (Lipinski definition) is 1. The van der Waals surface area contributed by atoms with Crippen LogP contribution in [0, 0.1) is 18.6 Å². The van der Waals surface area contributed by atoms with Gasteiger partial charge in [0, 0.05) is 23.3 Å². The van der Waals surface area contributed by atoms with Crippen LogP contribution in [0.4, 0.5) is 8.78 Å². The van der Waals surface area contributed by atoms with Gasteiger partial charge in [-0.05, 0) is 20.0 Å². The van der Waals surface area contributed by atoms with Crippen LogP contribution in [0.5, 0.6) is 5.75 Å². The molecule has 0 bridgehead atoms. The molecule has 1 N–H and O–H groups in total. The molecule has 1 unspecified atom stereocenters. The Kier molecular flexibility index (Phi) is 3.85. The minimum Gasteiger partial charge on any atom is -0.497 e. The van der Waals surface area contributed by atoms with Gasteiger partial charge in [-0.2, -0.15) is 0 Å². The monoisotopic (exact) mass is 267 g/mol. The predicted molar refractivity (Wildman–Crippen MR) is 67.3 cm³/mol. The third-order valence-corrected chi connectivity index (χ3v) is 3.08. The Labute approximate surface area is 110 Å². The Hall–Kier alpha value is -1.88. The minimum absolute atomic E-state index is 0.0483. The van der Waals surface area contributed by atoms with Crippen LogP contribution in [0.25, 0.3) is 0 Å². The van der Waals surface area contributed by atoms with Gasteiger partial charge in [0.2, 0.25) is 0 Å². The summed E-state index contributed by atoms with van der Waals surface area (Å²) in [6.45, 7) is 1.75. The molecular weight excluding hydrogens is 252 g/mol. The van der Waals surface area contributed by atoms with Crippen LogP contribution >= 0.6 is 0 Å². The molecule has 2 aromatic rings. The first-order valence-electron chi connectivity index (χ1n) is 5.82. The van der Waals surface area contributed by atoms with E-state index >= 15 is 0 Å². The van der Waals surface area contributed by atoms with Crippen LogP contribution in [0.1, 0.15) is 22.9 Å². The molecule has 0 spiro atoms. The van der Waals surface area contributed by atoms with Crippen molar-refractivity contribution in [1.82, 2.24) is 5.32 Å². The highest BCUT2D eigenvalue weighted by Gasteiger charge is 2.24. The van der Waals surface area contributed by atoms with Gasteiger partial charge in [0.25, 0.3) is 0 Å². The van der Waals surface area contributed by atoms with Crippen molar-refractivity contribution in [2.75, 3.05) is 14.2 Å². The Morgan fingerprint density at radius 1 is 1.26 bits per heavy atom. The topological polar surface area (TPSA) is 34.4 Å². The molecular formula is C14H15F2NO2. The van der Waals surface area contributed by atoms with Crippen LogP contribution in [-0.2, 0) is 0 Å². The molecule has 102 valence electrons. The van der Waals surface area contributed by atoms with E-state index in [1.165, 1.54) is 13.4 Å². The van der Waals surface area contributed by atoms with E-state index in [2.05, 4.69) is 5.32 Å². The SMILES string of the molecule is CNC(c1ccoc1C)c1c(F)cc(OC)cc1F. The largest absolute Gasteiger partial charge is 0.497 e. The van der Waals surface area contributed by atoms with Crippen molar-refractivity contribution in [1.29, 1.82) is 0 Å². The summed E-state index contributed by atoms with van der Waals surface area (Å²) in [6, 6.07) is 3.42. The van der Waals surface area contributed by atoms with E-state index in [-0.39, 0.29) is 11.3 Å². The zero-order chi connectivity index (χ0) is 14.0. The fourth-order valence-corrected chi connectivity index (χ4v) is 2.10. The van der Waals surface area contributed by atoms with Gasteiger partial charge >= 0.3 is 0 Å². The average molecular weight is 267 g/mol. The molecule has 0 saturated heterocycles.